The molecule has 0 aliphatic rings. The van der Waals surface area contributed by atoms with Gasteiger partial charge in [0.15, 0.2) is 0 Å². The molecule has 0 fully saturated rings. The molecule has 36 heavy (non-hydrogen) atoms. The van der Waals surface area contributed by atoms with Crippen molar-refractivity contribution in [1.82, 2.24) is 0 Å². The van der Waals surface area contributed by atoms with Crippen LogP contribution in [0.25, 0.3) is 5.76 Å². The number of ketones is 2. The second-order valence-electron chi connectivity index (χ2n) is 8.18. The van der Waals surface area contributed by atoms with E-state index >= 15 is 0 Å². The van der Waals surface area contributed by atoms with Crippen LogP contribution in [0.5, 0.6) is 0 Å². The minimum Gasteiger partial charge on any atom is -0.489 e. The molecule has 0 spiro atoms. The van der Waals surface area contributed by atoms with Gasteiger partial charge in [-0.3, -0.25) is 9.59 Å². The smallest absolute Gasteiger partial charge is 0.338 e. The Morgan fingerprint density at radius 2 is 1.14 bits per heavy atom. The molecule has 0 heterocycles. The maximum absolute atomic E-state index is 12.6. The normalized spacial score (nSPS) is 10.0. The van der Waals surface area contributed by atoms with Crippen LogP contribution < -0.4 is 0 Å². The summed E-state index contributed by atoms with van der Waals surface area (Å²) in [4.78, 5) is 35.6. The van der Waals surface area contributed by atoms with Gasteiger partial charge in [0.25, 0.3) is 0 Å². The van der Waals surface area contributed by atoms with Crippen molar-refractivity contribution < 1.29 is 23.9 Å². The maximum atomic E-state index is 12.6. The monoisotopic (exact) mass is 486 g/mol. The van der Waals surface area contributed by atoms with E-state index in [1.807, 2.05) is 62.4 Å². The van der Waals surface area contributed by atoms with Gasteiger partial charge in [0.1, 0.15) is 30.5 Å². The van der Waals surface area contributed by atoms with Crippen molar-refractivity contribution in [2.24, 2.45) is 0 Å². The lowest BCUT2D eigenvalue weighted by molar-refractivity contribution is -0.117. The topological polar surface area (TPSA) is 69.7 Å². The van der Waals surface area contributed by atoms with E-state index in [0.29, 0.717) is 23.3 Å². The van der Waals surface area contributed by atoms with Gasteiger partial charge in [-0.05, 0) is 48.2 Å². The summed E-state index contributed by atoms with van der Waals surface area (Å²) >= 11 is 0. The fraction of sp³-hybridized carbons (Fsp3) is 0.258. The quantitative estimate of drug-likeness (QED) is 0.228. The molecule has 0 aliphatic carbocycles. The van der Waals surface area contributed by atoms with Crippen LogP contribution in [0.2, 0.25) is 0 Å². The molecule has 188 valence electrons. The summed E-state index contributed by atoms with van der Waals surface area (Å²) in [7, 11) is 0. The van der Waals surface area contributed by atoms with Crippen LogP contribution >= 0.6 is 0 Å². The summed E-state index contributed by atoms with van der Waals surface area (Å²) in [5, 5.41) is 0. The van der Waals surface area contributed by atoms with Crippen LogP contribution in [0.4, 0.5) is 0 Å². The Bertz CT molecular complexity index is 1120. The largest absolute Gasteiger partial charge is 0.489 e. The molecule has 0 saturated carbocycles. The predicted octanol–water partition coefficient (Wildman–Crippen LogP) is 6.52. The molecule has 0 bridgehead atoms. The van der Waals surface area contributed by atoms with Crippen LogP contribution in [0.1, 0.15) is 65.9 Å². The first-order valence-electron chi connectivity index (χ1n) is 12.0. The highest BCUT2D eigenvalue weighted by Crippen LogP contribution is 2.22. The molecule has 3 aromatic carbocycles. The third-order valence-electron chi connectivity index (χ3n) is 5.21. The van der Waals surface area contributed by atoms with Gasteiger partial charge in [0.05, 0.1) is 5.56 Å². The number of ether oxygens (including phenoxy) is 2. The summed E-state index contributed by atoms with van der Waals surface area (Å²) in [6, 6.07) is 22.1. The van der Waals surface area contributed by atoms with Crippen molar-refractivity contribution in [3.8, 4) is 0 Å². The Balaban J connectivity index is 0.00000222. The minimum absolute atomic E-state index is 0.0153. The zero-order valence-corrected chi connectivity index (χ0v) is 21.5. The highest BCUT2D eigenvalue weighted by molar-refractivity contribution is 5.93. The molecule has 0 unspecified atom stereocenters. The number of hydrogen-bond donors (Lipinski definition) is 0. The minimum atomic E-state index is -0.464. The number of Topliss-reactive ketones (excluding diaryl/α,β-unsaturated/α-hetero) is 2. The Morgan fingerprint density at radius 1 is 0.667 bits per heavy atom. The van der Waals surface area contributed by atoms with Gasteiger partial charge < -0.3 is 9.47 Å². The van der Waals surface area contributed by atoms with Gasteiger partial charge in [0, 0.05) is 18.4 Å². The zero-order valence-electron chi connectivity index (χ0n) is 21.5. The zero-order chi connectivity index (χ0) is 26.5. The van der Waals surface area contributed by atoms with Gasteiger partial charge in [0.2, 0.25) is 0 Å². The van der Waals surface area contributed by atoms with Crippen LogP contribution in [-0.4, -0.2) is 17.5 Å². The molecule has 0 aromatic heterocycles. The molecule has 0 N–H and O–H groups in total. The summed E-state index contributed by atoms with van der Waals surface area (Å²) in [6.45, 7) is 11.5. The third kappa shape index (κ3) is 8.66. The van der Waals surface area contributed by atoms with E-state index in [9.17, 15) is 14.4 Å². The fourth-order valence-corrected chi connectivity index (χ4v) is 3.64. The van der Waals surface area contributed by atoms with Gasteiger partial charge in [-0.25, -0.2) is 4.79 Å². The number of carbonyl (C=O) groups excluding carboxylic acids is 3. The van der Waals surface area contributed by atoms with E-state index in [1.165, 1.54) is 6.92 Å². The summed E-state index contributed by atoms with van der Waals surface area (Å²) < 4.78 is 11.4. The van der Waals surface area contributed by atoms with Crippen molar-refractivity contribution in [2.75, 3.05) is 0 Å². The van der Waals surface area contributed by atoms with Crippen LogP contribution in [0.15, 0.2) is 79.4 Å². The van der Waals surface area contributed by atoms with Gasteiger partial charge in [-0.1, -0.05) is 81.1 Å². The average molecular weight is 487 g/mol. The first-order valence-corrected chi connectivity index (χ1v) is 12.0. The van der Waals surface area contributed by atoms with E-state index in [2.05, 4.69) is 6.58 Å². The molecule has 0 radical (unpaired) electrons. The molecule has 0 atom stereocenters. The standard InChI is InChI=1S/C29H28O5.C2H6/c1-20(30)15-25-11-4-6-13-27(25)22(3)33-18-23-9-8-10-24(17-23)19-34-29(32)28-14-7-5-12-26(28)16-21(2)31;1-2/h4-14,17H,3,15-16,18-19H2,1-2H3;1-2H3. The fourth-order valence-electron chi connectivity index (χ4n) is 3.64. The van der Waals surface area contributed by atoms with Crippen molar-refractivity contribution in [2.45, 2.75) is 53.8 Å². The second-order valence-corrected chi connectivity index (χ2v) is 8.18. The molecular weight excluding hydrogens is 452 g/mol. The molecule has 0 aliphatic heterocycles. The van der Waals surface area contributed by atoms with Crippen LogP contribution in [-0.2, 0) is 45.1 Å². The highest BCUT2D eigenvalue weighted by Gasteiger charge is 2.14. The third-order valence-corrected chi connectivity index (χ3v) is 5.21. The van der Waals surface area contributed by atoms with Crippen molar-refractivity contribution in [3.63, 3.8) is 0 Å². The highest BCUT2D eigenvalue weighted by atomic mass is 16.5. The number of esters is 1. The Hall–Kier alpha value is -3.99. The molecule has 5 heteroatoms. The predicted molar refractivity (Wildman–Crippen MR) is 142 cm³/mol. The van der Waals surface area contributed by atoms with Crippen LogP contribution in [0, 0.1) is 0 Å². The number of benzene rings is 3. The lowest BCUT2D eigenvalue weighted by Crippen LogP contribution is -2.10. The second kappa shape index (κ2) is 14.4. The van der Waals surface area contributed by atoms with Gasteiger partial charge >= 0.3 is 5.97 Å². The lowest BCUT2D eigenvalue weighted by atomic mass is 10.0. The van der Waals surface area contributed by atoms with Crippen molar-refractivity contribution in [3.05, 3.63) is 113 Å². The number of hydrogen-bond acceptors (Lipinski definition) is 5. The van der Waals surface area contributed by atoms with Gasteiger partial charge in [-0.2, -0.15) is 0 Å². The van der Waals surface area contributed by atoms with Crippen molar-refractivity contribution in [1.29, 1.82) is 0 Å². The van der Waals surface area contributed by atoms with E-state index in [0.717, 1.165) is 22.3 Å². The maximum Gasteiger partial charge on any atom is 0.338 e. The van der Waals surface area contributed by atoms with E-state index in [-0.39, 0.29) is 31.2 Å². The summed E-state index contributed by atoms with van der Waals surface area (Å²) in [5.41, 5.74) is 4.47. The Labute approximate surface area is 213 Å². The van der Waals surface area contributed by atoms with Crippen LogP contribution in [0.3, 0.4) is 0 Å². The first-order chi connectivity index (χ1) is 17.3. The van der Waals surface area contributed by atoms with E-state index in [4.69, 9.17) is 9.47 Å². The summed E-state index contributed by atoms with van der Waals surface area (Å²) in [6.07, 6.45) is 0.520. The molecule has 3 rings (SSSR count). The molecular formula is C31H34O5. The number of carbonyl (C=O) groups is 3. The van der Waals surface area contributed by atoms with E-state index < -0.39 is 5.97 Å². The Morgan fingerprint density at radius 3 is 1.69 bits per heavy atom. The first kappa shape index (κ1) is 28.2. The average Bonchev–Trinajstić information content (AvgIpc) is 2.87. The molecule has 0 saturated heterocycles. The molecule has 0 amide bonds. The SMILES string of the molecule is C=C(OCc1cccc(COC(=O)c2ccccc2CC(C)=O)c1)c1ccccc1CC(C)=O.CC. The van der Waals surface area contributed by atoms with Crippen molar-refractivity contribution >= 4 is 23.3 Å². The van der Waals surface area contributed by atoms with Gasteiger partial charge in [-0.15, -0.1) is 0 Å². The summed E-state index contributed by atoms with van der Waals surface area (Å²) in [5.74, 6) is 0.0922. The number of rotatable bonds is 11. The molecule has 3 aromatic rings. The molecule has 5 nitrogen and oxygen atoms in total. The Kier molecular flexibility index (Phi) is 11.3. The lowest BCUT2D eigenvalue weighted by Gasteiger charge is -2.14. The van der Waals surface area contributed by atoms with E-state index in [1.54, 1.807) is 31.2 Å².